The van der Waals surface area contributed by atoms with E-state index in [2.05, 4.69) is 10.3 Å². The molecule has 3 aromatic rings. The molecule has 0 spiro atoms. The summed E-state index contributed by atoms with van der Waals surface area (Å²) in [7, 11) is 2.54. The zero-order valence-corrected chi connectivity index (χ0v) is 19.6. The first kappa shape index (κ1) is 24.6. The van der Waals surface area contributed by atoms with Gasteiger partial charge in [0.25, 0.3) is 5.56 Å². The van der Waals surface area contributed by atoms with Crippen molar-refractivity contribution in [1.29, 1.82) is 0 Å². The molecule has 1 aromatic heterocycles. The molecule has 0 aliphatic heterocycles. The Kier molecular flexibility index (Phi) is 7.62. The Morgan fingerprint density at radius 2 is 1.76 bits per heavy atom. The topological polar surface area (TPSA) is 106 Å². The number of halogens is 3. The van der Waals surface area contributed by atoms with Crippen LogP contribution in [0.1, 0.15) is 5.56 Å². The van der Waals surface area contributed by atoms with E-state index in [1.54, 1.807) is 6.07 Å². The molecule has 12 heteroatoms. The van der Waals surface area contributed by atoms with Gasteiger partial charge in [-0.3, -0.25) is 18.7 Å². The van der Waals surface area contributed by atoms with E-state index >= 15 is 0 Å². The molecule has 0 aliphatic rings. The number of nitrogens with zero attached hydrogens (tertiary/aromatic N) is 3. The van der Waals surface area contributed by atoms with Crippen molar-refractivity contribution >= 4 is 57.3 Å². The van der Waals surface area contributed by atoms with E-state index in [4.69, 9.17) is 23.2 Å². The lowest BCUT2D eigenvalue weighted by Crippen LogP contribution is -2.39. The van der Waals surface area contributed by atoms with Gasteiger partial charge < -0.3 is 10.4 Å². The Hall–Kier alpha value is -3.08. The second-order valence-corrected chi connectivity index (χ2v) is 8.54. The Morgan fingerprint density at radius 3 is 2.39 bits per heavy atom. The van der Waals surface area contributed by atoms with E-state index in [1.807, 2.05) is 0 Å². The van der Waals surface area contributed by atoms with Gasteiger partial charge >= 0.3 is 5.69 Å². The summed E-state index contributed by atoms with van der Waals surface area (Å²) in [4.78, 5) is 41.7. The number of carbonyl (C=O) groups is 1. The van der Waals surface area contributed by atoms with Gasteiger partial charge in [-0.05, 0) is 42.5 Å². The number of hydrogen-bond acceptors (Lipinski definition) is 6. The number of anilines is 1. The maximum absolute atomic E-state index is 13.3. The molecule has 8 nitrogen and oxygen atoms in total. The van der Waals surface area contributed by atoms with Crippen LogP contribution < -0.4 is 16.6 Å². The van der Waals surface area contributed by atoms with Gasteiger partial charge in [-0.15, -0.1) is 0 Å². The van der Waals surface area contributed by atoms with Crippen LogP contribution in [-0.4, -0.2) is 30.9 Å². The first-order valence-electron chi connectivity index (χ1n) is 9.29. The molecule has 33 heavy (non-hydrogen) atoms. The minimum Gasteiger partial charge on any atom is -0.494 e. The summed E-state index contributed by atoms with van der Waals surface area (Å²) in [6.07, 6.45) is 0. The van der Waals surface area contributed by atoms with Gasteiger partial charge in [0.05, 0.1) is 21.5 Å². The number of nitrogens with one attached hydrogen (secondary N) is 1. The maximum atomic E-state index is 13.3. The zero-order valence-electron chi connectivity index (χ0n) is 17.3. The number of aliphatic imine (C=N–C) groups is 1. The third-order valence-electron chi connectivity index (χ3n) is 4.45. The summed E-state index contributed by atoms with van der Waals surface area (Å²) >= 11 is 12.7. The van der Waals surface area contributed by atoms with Crippen molar-refractivity contribution in [3.05, 3.63) is 84.7 Å². The molecular weight excluding hydrogens is 494 g/mol. The van der Waals surface area contributed by atoms with E-state index in [0.717, 1.165) is 20.9 Å². The van der Waals surface area contributed by atoms with Crippen LogP contribution in [0.15, 0.2) is 57.0 Å². The lowest BCUT2D eigenvalue weighted by molar-refractivity contribution is -0.113. The number of rotatable bonds is 5. The van der Waals surface area contributed by atoms with Crippen LogP contribution in [0.2, 0.25) is 10.0 Å². The van der Waals surface area contributed by atoms with Crippen molar-refractivity contribution in [2.75, 3.05) is 11.1 Å². The van der Waals surface area contributed by atoms with Gasteiger partial charge in [-0.1, -0.05) is 35.0 Å². The standard InChI is InChI=1S/C21H17Cl2FN4O4S/c1-27-19(30)17(20(31)28(2)21(27)32)18(26-12-5-3-11(24)4-6-12)33-10-16(29)25-13-7-8-14(22)15(23)9-13/h3-9,30H,10H2,1-2H3,(H,25,29). The van der Waals surface area contributed by atoms with E-state index in [1.165, 1.54) is 50.5 Å². The molecule has 2 N–H and O–H groups in total. The quantitative estimate of drug-likeness (QED) is 0.402. The molecule has 0 saturated carbocycles. The number of aromatic hydroxyl groups is 1. The van der Waals surface area contributed by atoms with E-state index in [-0.39, 0.29) is 27.1 Å². The fourth-order valence-electron chi connectivity index (χ4n) is 2.72. The average molecular weight is 511 g/mol. The molecule has 0 unspecified atom stereocenters. The van der Waals surface area contributed by atoms with Crippen LogP contribution in [-0.2, 0) is 18.9 Å². The SMILES string of the molecule is Cn1c(O)c(C(=Nc2ccc(F)cc2)SCC(=O)Nc2ccc(Cl)c(Cl)c2)c(=O)n(C)c1=O. The van der Waals surface area contributed by atoms with Crippen molar-refractivity contribution in [2.45, 2.75) is 0 Å². The highest BCUT2D eigenvalue weighted by Crippen LogP contribution is 2.26. The Morgan fingerprint density at radius 1 is 1.09 bits per heavy atom. The number of thioether (sulfide) groups is 1. The van der Waals surface area contributed by atoms with Crippen molar-refractivity contribution in [2.24, 2.45) is 19.1 Å². The molecule has 1 heterocycles. The maximum Gasteiger partial charge on any atom is 0.333 e. The monoisotopic (exact) mass is 510 g/mol. The van der Waals surface area contributed by atoms with Gasteiger partial charge in [-0.25, -0.2) is 14.2 Å². The number of amides is 1. The number of benzene rings is 2. The molecular formula is C21H17Cl2FN4O4S. The molecule has 2 aromatic carbocycles. The van der Waals surface area contributed by atoms with E-state index in [0.29, 0.717) is 10.7 Å². The largest absolute Gasteiger partial charge is 0.494 e. The highest BCUT2D eigenvalue weighted by atomic mass is 35.5. The first-order chi connectivity index (χ1) is 15.6. The highest BCUT2D eigenvalue weighted by molar-refractivity contribution is 8.15. The van der Waals surface area contributed by atoms with Crippen molar-refractivity contribution in [3.8, 4) is 5.88 Å². The minimum absolute atomic E-state index is 0.0282. The van der Waals surface area contributed by atoms with Crippen LogP contribution in [0.3, 0.4) is 0 Å². The normalized spacial score (nSPS) is 11.5. The molecule has 0 bridgehead atoms. The Labute approximate surface area is 201 Å². The zero-order chi connectivity index (χ0) is 24.3. The third kappa shape index (κ3) is 5.65. The van der Waals surface area contributed by atoms with Crippen LogP contribution in [0.25, 0.3) is 0 Å². The van der Waals surface area contributed by atoms with Crippen LogP contribution in [0, 0.1) is 5.82 Å². The fourth-order valence-corrected chi connectivity index (χ4v) is 3.85. The molecule has 172 valence electrons. The van der Waals surface area contributed by atoms with Crippen molar-refractivity contribution < 1.29 is 14.3 Å². The second-order valence-electron chi connectivity index (χ2n) is 6.76. The third-order valence-corrected chi connectivity index (χ3v) is 6.16. The number of aromatic nitrogens is 2. The molecule has 1 amide bonds. The molecule has 0 fully saturated rings. The summed E-state index contributed by atoms with van der Waals surface area (Å²) in [5.74, 6) is -1.75. The van der Waals surface area contributed by atoms with Crippen LogP contribution >= 0.6 is 35.0 Å². The molecule has 0 aliphatic carbocycles. The summed E-state index contributed by atoms with van der Waals surface area (Å²) < 4.78 is 15.0. The average Bonchev–Trinajstić information content (AvgIpc) is 2.78. The van der Waals surface area contributed by atoms with Crippen molar-refractivity contribution in [3.63, 3.8) is 0 Å². The summed E-state index contributed by atoms with van der Waals surface area (Å²) in [5.41, 5.74) is -1.11. The first-order valence-corrected chi connectivity index (χ1v) is 11.0. The van der Waals surface area contributed by atoms with Gasteiger partial charge in [0.1, 0.15) is 16.4 Å². The Balaban J connectivity index is 1.96. The van der Waals surface area contributed by atoms with Crippen molar-refractivity contribution in [1.82, 2.24) is 9.13 Å². The number of hydrogen-bond donors (Lipinski definition) is 2. The van der Waals surface area contributed by atoms with Gasteiger partial charge in [0.2, 0.25) is 11.8 Å². The molecule has 0 radical (unpaired) electrons. The number of carbonyl (C=O) groups excluding carboxylic acids is 1. The van der Waals surface area contributed by atoms with Gasteiger partial charge in [0.15, 0.2) is 0 Å². The second kappa shape index (κ2) is 10.2. The summed E-state index contributed by atoms with van der Waals surface area (Å²) in [6, 6.07) is 9.67. The van der Waals surface area contributed by atoms with Crippen LogP contribution in [0.5, 0.6) is 5.88 Å². The lowest BCUT2D eigenvalue weighted by Gasteiger charge is -2.12. The lowest BCUT2D eigenvalue weighted by atomic mass is 10.3. The predicted molar refractivity (Wildman–Crippen MR) is 129 cm³/mol. The van der Waals surface area contributed by atoms with Crippen LogP contribution in [0.4, 0.5) is 15.8 Å². The molecule has 0 saturated heterocycles. The highest BCUT2D eigenvalue weighted by Gasteiger charge is 2.22. The molecule has 0 atom stereocenters. The van der Waals surface area contributed by atoms with E-state index in [9.17, 15) is 23.9 Å². The smallest absolute Gasteiger partial charge is 0.333 e. The van der Waals surface area contributed by atoms with Gasteiger partial charge in [-0.2, -0.15) is 0 Å². The Bertz CT molecular complexity index is 1370. The van der Waals surface area contributed by atoms with E-state index < -0.39 is 28.9 Å². The minimum atomic E-state index is -0.797. The van der Waals surface area contributed by atoms with Gasteiger partial charge in [0, 0.05) is 19.8 Å². The molecule has 3 rings (SSSR count). The predicted octanol–water partition coefficient (Wildman–Crippen LogP) is 3.69. The summed E-state index contributed by atoms with van der Waals surface area (Å²) in [5, 5.41) is 13.7. The fraction of sp³-hybridized carbons (Fsp3) is 0.143. The summed E-state index contributed by atoms with van der Waals surface area (Å²) in [6.45, 7) is 0.